The number of thiophene rings is 1. The van der Waals surface area contributed by atoms with Crippen LogP contribution in [0.25, 0.3) is 0 Å². The van der Waals surface area contributed by atoms with Gasteiger partial charge in [0.2, 0.25) is 5.91 Å². The molecule has 2 nitrogen and oxygen atoms in total. The van der Waals surface area contributed by atoms with E-state index in [4.69, 9.17) is 0 Å². The third kappa shape index (κ3) is 2.77. The van der Waals surface area contributed by atoms with E-state index in [0.29, 0.717) is 12.3 Å². The lowest BCUT2D eigenvalue weighted by Crippen LogP contribution is -2.27. The Labute approximate surface area is 133 Å². The first-order valence-corrected chi connectivity index (χ1v) is 8.75. The number of benzene rings is 1. The molecule has 2 aromatic rings. The molecule has 1 amide bonds. The van der Waals surface area contributed by atoms with Gasteiger partial charge in [-0.1, -0.05) is 12.1 Å². The van der Waals surface area contributed by atoms with Crippen molar-refractivity contribution in [1.82, 2.24) is 4.90 Å². The lowest BCUT2D eigenvalue weighted by Gasteiger charge is -2.23. The number of nitrogens with zero attached hydrogens (tertiary/aromatic N) is 1. The Balaban J connectivity index is 1.86. The molecule has 0 radical (unpaired) electrons. The average molecular weight is 372 g/mol. The summed E-state index contributed by atoms with van der Waals surface area (Å²) in [6.45, 7) is 0.443. The fraction of sp³-hybridized carbons (Fsp3) is 0.214. The van der Waals surface area contributed by atoms with Gasteiger partial charge in [0.1, 0.15) is 11.2 Å². The van der Waals surface area contributed by atoms with Gasteiger partial charge in [0.15, 0.2) is 0 Å². The predicted octanol–water partition coefficient (Wildman–Crippen LogP) is 4.42. The summed E-state index contributed by atoms with van der Waals surface area (Å²) in [5, 5.41) is 2.02. The predicted molar refractivity (Wildman–Crippen MR) is 84.2 cm³/mol. The van der Waals surface area contributed by atoms with E-state index >= 15 is 0 Å². The molecule has 0 saturated carbocycles. The maximum atomic E-state index is 13.3. The SMILES string of the molecule is O=C1CSC(c2sccc2Br)N1Cc1cccc(F)c1. The highest BCUT2D eigenvalue weighted by Crippen LogP contribution is 2.44. The summed E-state index contributed by atoms with van der Waals surface area (Å²) >= 11 is 6.77. The number of halogens is 2. The Kier molecular flexibility index (Phi) is 4.14. The second-order valence-electron chi connectivity index (χ2n) is 4.45. The van der Waals surface area contributed by atoms with Gasteiger partial charge in [-0.3, -0.25) is 4.79 Å². The van der Waals surface area contributed by atoms with E-state index in [2.05, 4.69) is 15.9 Å². The minimum Gasteiger partial charge on any atom is -0.321 e. The summed E-state index contributed by atoms with van der Waals surface area (Å²) in [4.78, 5) is 15.0. The molecule has 0 bridgehead atoms. The van der Waals surface area contributed by atoms with Crippen LogP contribution in [0.2, 0.25) is 0 Å². The van der Waals surface area contributed by atoms with Crippen molar-refractivity contribution in [3.05, 3.63) is 56.4 Å². The van der Waals surface area contributed by atoms with E-state index in [1.54, 1.807) is 29.2 Å². The van der Waals surface area contributed by atoms with Crippen LogP contribution in [-0.4, -0.2) is 16.6 Å². The van der Waals surface area contributed by atoms with Crippen LogP contribution in [0.1, 0.15) is 15.8 Å². The maximum absolute atomic E-state index is 13.3. The smallest absolute Gasteiger partial charge is 0.234 e. The third-order valence-corrected chi connectivity index (χ3v) is 6.37. The largest absolute Gasteiger partial charge is 0.321 e. The summed E-state index contributed by atoms with van der Waals surface area (Å²) < 4.78 is 14.3. The van der Waals surface area contributed by atoms with Crippen molar-refractivity contribution < 1.29 is 9.18 Å². The zero-order valence-electron chi connectivity index (χ0n) is 10.4. The molecule has 1 fully saturated rings. The lowest BCUT2D eigenvalue weighted by atomic mass is 10.2. The first-order chi connectivity index (χ1) is 9.65. The minimum absolute atomic E-state index is 0.0140. The number of thioether (sulfide) groups is 1. The molecule has 1 unspecified atom stereocenters. The Hall–Kier alpha value is -0.850. The van der Waals surface area contributed by atoms with Crippen molar-refractivity contribution in [2.75, 3.05) is 5.75 Å². The molecule has 1 aliphatic rings. The van der Waals surface area contributed by atoms with Crippen molar-refractivity contribution in [3.63, 3.8) is 0 Å². The van der Waals surface area contributed by atoms with Gasteiger partial charge in [0.05, 0.1) is 10.6 Å². The van der Waals surface area contributed by atoms with Crippen LogP contribution in [0.4, 0.5) is 4.39 Å². The third-order valence-electron chi connectivity index (χ3n) is 3.08. The molecule has 1 saturated heterocycles. The van der Waals surface area contributed by atoms with E-state index in [1.807, 2.05) is 22.4 Å². The molecular weight excluding hydrogens is 361 g/mol. The molecule has 1 aliphatic heterocycles. The van der Waals surface area contributed by atoms with Gasteiger partial charge < -0.3 is 4.90 Å². The van der Waals surface area contributed by atoms with Crippen LogP contribution in [0.3, 0.4) is 0 Å². The summed E-state index contributed by atoms with van der Waals surface area (Å²) in [5.41, 5.74) is 0.818. The number of hydrogen-bond donors (Lipinski definition) is 0. The molecule has 1 atom stereocenters. The van der Waals surface area contributed by atoms with E-state index < -0.39 is 0 Å². The highest BCUT2D eigenvalue weighted by atomic mass is 79.9. The fourth-order valence-electron chi connectivity index (χ4n) is 2.16. The van der Waals surface area contributed by atoms with Crippen molar-refractivity contribution in [1.29, 1.82) is 0 Å². The summed E-state index contributed by atoms with van der Waals surface area (Å²) in [6, 6.07) is 8.41. The first-order valence-electron chi connectivity index (χ1n) is 6.03. The minimum atomic E-state index is -0.268. The molecule has 1 aromatic carbocycles. The molecule has 6 heteroatoms. The molecule has 3 rings (SSSR count). The van der Waals surface area contributed by atoms with Crippen molar-refractivity contribution >= 4 is 44.9 Å². The van der Waals surface area contributed by atoms with Gasteiger partial charge in [-0.15, -0.1) is 23.1 Å². The number of hydrogen-bond acceptors (Lipinski definition) is 3. The van der Waals surface area contributed by atoms with Crippen LogP contribution in [0.15, 0.2) is 40.2 Å². The van der Waals surface area contributed by atoms with Crippen LogP contribution in [-0.2, 0) is 11.3 Å². The van der Waals surface area contributed by atoms with Crippen LogP contribution in [0, 0.1) is 5.82 Å². The normalized spacial score (nSPS) is 18.8. The number of amides is 1. The molecule has 0 spiro atoms. The zero-order valence-corrected chi connectivity index (χ0v) is 13.6. The Bertz CT molecular complexity index is 646. The van der Waals surface area contributed by atoms with Crippen molar-refractivity contribution in [3.8, 4) is 0 Å². The second kappa shape index (κ2) is 5.87. The van der Waals surface area contributed by atoms with E-state index in [0.717, 1.165) is 14.9 Å². The summed E-state index contributed by atoms with van der Waals surface area (Å²) in [6.07, 6.45) is 0. The van der Waals surface area contributed by atoms with Gasteiger partial charge in [0, 0.05) is 11.0 Å². The molecule has 0 aliphatic carbocycles. The topological polar surface area (TPSA) is 20.3 Å². The zero-order chi connectivity index (χ0) is 14.1. The Morgan fingerprint density at radius 2 is 2.25 bits per heavy atom. The van der Waals surface area contributed by atoms with Gasteiger partial charge in [-0.05, 0) is 45.1 Å². The standard InChI is InChI=1S/C14H11BrFNOS2/c15-11-4-5-19-13(11)14-17(12(18)8-20-14)7-9-2-1-3-10(16)6-9/h1-6,14H,7-8H2. The monoisotopic (exact) mass is 371 g/mol. The summed E-state index contributed by atoms with van der Waals surface area (Å²) in [7, 11) is 0. The van der Waals surface area contributed by atoms with Crippen LogP contribution >= 0.6 is 39.0 Å². The molecule has 104 valence electrons. The van der Waals surface area contributed by atoms with E-state index in [9.17, 15) is 9.18 Å². The maximum Gasteiger partial charge on any atom is 0.234 e. The van der Waals surface area contributed by atoms with Gasteiger partial charge >= 0.3 is 0 Å². The lowest BCUT2D eigenvalue weighted by molar-refractivity contribution is -0.128. The fourth-order valence-corrected chi connectivity index (χ4v) is 5.37. The average Bonchev–Trinajstić information content (AvgIpc) is 2.97. The molecule has 0 N–H and O–H groups in total. The Morgan fingerprint density at radius 1 is 1.40 bits per heavy atom. The van der Waals surface area contributed by atoms with Crippen molar-refractivity contribution in [2.24, 2.45) is 0 Å². The molecular formula is C14H11BrFNOS2. The molecule has 20 heavy (non-hydrogen) atoms. The molecule has 2 heterocycles. The Morgan fingerprint density at radius 3 is 2.95 bits per heavy atom. The quantitative estimate of drug-likeness (QED) is 0.795. The number of carbonyl (C=O) groups is 1. The van der Waals surface area contributed by atoms with Crippen LogP contribution in [0.5, 0.6) is 0 Å². The molecule has 1 aromatic heterocycles. The first kappa shape index (κ1) is 14.1. The van der Waals surface area contributed by atoms with E-state index in [-0.39, 0.29) is 17.1 Å². The van der Waals surface area contributed by atoms with Crippen molar-refractivity contribution in [2.45, 2.75) is 11.9 Å². The van der Waals surface area contributed by atoms with Gasteiger partial charge in [-0.25, -0.2) is 4.39 Å². The second-order valence-corrected chi connectivity index (χ2v) is 7.32. The van der Waals surface area contributed by atoms with Crippen LogP contribution < -0.4 is 0 Å². The number of carbonyl (C=O) groups excluding carboxylic acids is 1. The van der Waals surface area contributed by atoms with Gasteiger partial charge in [-0.2, -0.15) is 0 Å². The van der Waals surface area contributed by atoms with E-state index in [1.165, 1.54) is 12.1 Å². The van der Waals surface area contributed by atoms with Gasteiger partial charge in [0.25, 0.3) is 0 Å². The highest BCUT2D eigenvalue weighted by molar-refractivity contribution is 9.10. The summed E-state index contributed by atoms with van der Waals surface area (Å²) in [5.74, 6) is 0.310. The highest BCUT2D eigenvalue weighted by Gasteiger charge is 2.34. The number of rotatable bonds is 3.